The highest BCUT2D eigenvalue weighted by molar-refractivity contribution is 6.32. The maximum Gasteiger partial charge on any atom is 0.333 e. The summed E-state index contributed by atoms with van der Waals surface area (Å²) in [5.74, 6) is 0.317. The molecule has 0 spiro atoms. The van der Waals surface area contributed by atoms with E-state index in [-0.39, 0.29) is 5.70 Å². The lowest BCUT2D eigenvalue weighted by Crippen LogP contribution is -2.30. The highest BCUT2D eigenvalue weighted by Crippen LogP contribution is 2.31. The number of amides is 3. The number of nitrogens with one attached hydrogen (secondary N) is 1. The minimum atomic E-state index is -0.508. The number of methoxy groups -OCH3 is 1. The average Bonchev–Trinajstić information content (AvgIpc) is 2.95. The summed E-state index contributed by atoms with van der Waals surface area (Å²) in [6, 6.07) is 17.5. The first-order valence-electron chi connectivity index (χ1n) is 8.27. The average molecular weight is 379 g/mol. The molecule has 1 fully saturated rings. The molecule has 1 N–H and O–H groups in total. The van der Waals surface area contributed by atoms with E-state index >= 15 is 0 Å². The van der Waals surface area contributed by atoms with Crippen molar-refractivity contribution in [3.05, 3.63) is 76.9 Å². The minimum absolute atomic E-state index is 0.204. The van der Waals surface area contributed by atoms with Crippen molar-refractivity contribution in [1.29, 1.82) is 0 Å². The molecule has 3 aromatic rings. The number of nitrogens with zero attached hydrogens (tertiary/aromatic N) is 1. The fourth-order valence-corrected chi connectivity index (χ4v) is 3.32. The van der Waals surface area contributed by atoms with Crippen LogP contribution in [0.2, 0.25) is 5.02 Å². The van der Waals surface area contributed by atoms with Gasteiger partial charge in [0.05, 0.1) is 12.8 Å². The highest BCUT2D eigenvalue weighted by Gasteiger charge is 2.35. The SMILES string of the molecule is COc1ccc(/C=C2/NC(=O)N(c3cccc(Cl)c3)C2=O)c2ccccc12. The van der Waals surface area contributed by atoms with Gasteiger partial charge in [-0.15, -0.1) is 0 Å². The zero-order chi connectivity index (χ0) is 19.0. The molecule has 4 rings (SSSR count). The van der Waals surface area contributed by atoms with Crippen LogP contribution in [0.15, 0.2) is 66.4 Å². The van der Waals surface area contributed by atoms with Crippen molar-refractivity contribution in [1.82, 2.24) is 5.32 Å². The molecule has 0 saturated carbocycles. The quantitative estimate of drug-likeness (QED) is 0.535. The number of ether oxygens (including phenoxy) is 1. The van der Waals surface area contributed by atoms with Gasteiger partial charge in [-0.05, 0) is 41.3 Å². The van der Waals surface area contributed by atoms with E-state index in [9.17, 15) is 9.59 Å². The van der Waals surface area contributed by atoms with Gasteiger partial charge in [-0.3, -0.25) is 4.79 Å². The number of rotatable bonds is 3. The largest absolute Gasteiger partial charge is 0.496 e. The predicted molar refractivity (Wildman–Crippen MR) is 106 cm³/mol. The van der Waals surface area contributed by atoms with E-state index < -0.39 is 11.9 Å². The number of hydrogen-bond acceptors (Lipinski definition) is 3. The summed E-state index contributed by atoms with van der Waals surface area (Å²) >= 11 is 5.98. The number of urea groups is 1. The minimum Gasteiger partial charge on any atom is -0.496 e. The van der Waals surface area contributed by atoms with E-state index in [0.29, 0.717) is 10.7 Å². The third kappa shape index (κ3) is 3.02. The topological polar surface area (TPSA) is 58.6 Å². The Kier molecular flexibility index (Phi) is 4.30. The molecular weight excluding hydrogens is 364 g/mol. The summed E-state index contributed by atoms with van der Waals surface area (Å²) in [5, 5.41) is 4.94. The lowest BCUT2D eigenvalue weighted by molar-refractivity contribution is -0.113. The van der Waals surface area contributed by atoms with E-state index in [2.05, 4.69) is 5.32 Å². The molecule has 0 unspecified atom stereocenters. The van der Waals surface area contributed by atoms with Gasteiger partial charge in [0.15, 0.2) is 0 Å². The van der Waals surface area contributed by atoms with Crippen LogP contribution in [0.5, 0.6) is 5.75 Å². The summed E-state index contributed by atoms with van der Waals surface area (Å²) in [5.41, 5.74) is 1.44. The summed E-state index contributed by atoms with van der Waals surface area (Å²) in [7, 11) is 1.61. The number of fused-ring (bicyclic) bond motifs is 1. The van der Waals surface area contributed by atoms with Crippen LogP contribution in [0.3, 0.4) is 0 Å². The van der Waals surface area contributed by atoms with Gasteiger partial charge in [0.2, 0.25) is 0 Å². The van der Waals surface area contributed by atoms with E-state index in [1.165, 1.54) is 0 Å². The molecule has 27 heavy (non-hydrogen) atoms. The molecule has 0 atom stereocenters. The smallest absolute Gasteiger partial charge is 0.333 e. The van der Waals surface area contributed by atoms with Gasteiger partial charge >= 0.3 is 6.03 Å². The third-order valence-corrected chi connectivity index (χ3v) is 4.62. The second-order valence-electron chi connectivity index (χ2n) is 6.01. The van der Waals surface area contributed by atoms with Crippen molar-refractivity contribution in [3.8, 4) is 5.75 Å². The number of halogens is 1. The Hall–Kier alpha value is -3.31. The van der Waals surface area contributed by atoms with Gasteiger partial charge < -0.3 is 10.1 Å². The Morgan fingerprint density at radius 2 is 1.78 bits per heavy atom. The van der Waals surface area contributed by atoms with E-state index in [1.54, 1.807) is 37.5 Å². The molecule has 0 bridgehead atoms. The lowest BCUT2D eigenvalue weighted by atomic mass is 10.0. The van der Waals surface area contributed by atoms with Crippen molar-refractivity contribution in [2.75, 3.05) is 12.0 Å². The van der Waals surface area contributed by atoms with Crippen molar-refractivity contribution in [3.63, 3.8) is 0 Å². The van der Waals surface area contributed by atoms with E-state index in [1.807, 2.05) is 36.4 Å². The second-order valence-corrected chi connectivity index (χ2v) is 6.45. The second kappa shape index (κ2) is 6.78. The van der Waals surface area contributed by atoms with Gasteiger partial charge in [-0.1, -0.05) is 48.0 Å². The van der Waals surface area contributed by atoms with E-state index in [4.69, 9.17) is 16.3 Å². The molecule has 0 radical (unpaired) electrons. The fourth-order valence-electron chi connectivity index (χ4n) is 3.14. The van der Waals surface area contributed by atoms with Crippen LogP contribution in [0, 0.1) is 0 Å². The van der Waals surface area contributed by atoms with Crippen molar-refractivity contribution in [2.24, 2.45) is 0 Å². The Balaban J connectivity index is 1.77. The Bertz CT molecular complexity index is 1110. The van der Waals surface area contributed by atoms with Crippen LogP contribution in [-0.2, 0) is 4.79 Å². The van der Waals surface area contributed by atoms with Gasteiger partial charge in [-0.25, -0.2) is 9.69 Å². The van der Waals surface area contributed by atoms with Crippen LogP contribution in [-0.4, -0.2) is 19.0 Å². The highest BCUT2D eigenvalue weighted by atomic mass is 35.5. The van der Waals surface area contributed by atoms with Crippen LogP contribution >= 0.6 is 11.6 Å². The molecule has 3 amide bonds. The zero-order valence-electron chi connectivity index (χ0n) is 14.4. The number of hydrogen-bond donors (Lipinski definition) is 1. The number of benzene rings is 3. The zero-order valence-corrected chi connectivity index (χ0v) is 15.2. The maximum absolute atomic E-state index is 12.8. The van der Waals surface area contributed by atoms with Crippen molar-refractivity contribution < 1.29 is 14.3 Å². The van der Waals surface area contributed by atoms with E-state index in [0.717, 1.165) is 27.0 Å². The maximum atomic E-state index is 12.8. The molecule has 0 aliphatic carbocycles. The predicted octanol–water partition coefficient (Wildman–Crippen LogP) is 4.60. The first kappa shape index (κ1) is 17.1. The molecule has 1 saturated heterocycles. The summed E-state index contributed by atoms with van der Waals surface area (Å²) in [6.07, 6.45) is 1.67. The number of imide groups is 1. The van der Waals surface area contributed by atoms with Crippen LogP contribution in [0.4, 0.5) is 10.5 Å². The molecule has 1 aliphatic heterocycles. The standard InChI is InChI=1S/C21H15ClN2O3/c1-27-19-10-9-13(16-7-2-3-8-17(16)19)11-18-20(25)24(21(26)23-18)15-6-4-5-14(22)12-15/h2-12H,1H3,(H,23,26)/b18-11+. The Morgan fingerprint density at radius 3 is 2.52 bits per heavy atom. The number of carbonyl (C=O) groups is 2. The molecule has 1 aliphatic rings. The third-order valence-electron chi connectivity index (χ3n) is 4.38. The van der Waals surface area contributed by atoms with Gasteiger partial charge in [0.25, 0.3) is 5.91 Å². The van der Waals surface area contributed by atoms with Crippen LogP contribution < -0.4 is 15.0 Å². The van der Waals surface area contributed by atoms with Crippen LogP contribution in [0.25, 0.3) is 16.8 Å². The Labute approximate surface area is 160 Å². The molecule has 6 heteroatoms. The van der Waals surface area contributed by atoms with Gasteiger partial charge in [-0.2, -0.15) is 0 Å². The van der Waals surface area contributed by atoms with Gasteiger partial charge in [0, 0.05) is 10.4 Å². The Morgan fingerprint density at radius 1 is 1.00 bits per heavy atom. The number of carbonyl (C=O) groups excluding carboxylic acids is 2. The fraction of sp³-hybridized carbons (Fsp3) is 0.0476. The summed E-state index contributed by atoms with van der Waals surface area (Å²) in [6.45, 7) is 0. The van der Waals surface area contributed by atoms with Crippen molar-refractivity contribution in [2.45, 2.75) is 0 Å². The summed E-state index contributed by atoms with van der Waals surface area (Å²) in [4.78, 5) is 26.2. The summed E-state index contributed by atoms with van der Waals surface area (Å²) < 4.78 is 5.40. The number of anilines is 1. The first-order chi connectivity index (χ1) is 13.1. The first-order valence-corrected chi connectivity index (χ1v) is 8.65. The van der Waals surface area contributed by atoms with Crippen LogP contribution in [0.1, 0.15) is 5.56 Å². The monoisotopic (exact) mass is 378 g/mol. The molecule has 134 valence electrons. The normalized spacial score (nSPS) is 15.5. The molecule has 1 heterocycles. The van der Waals surface area contributed by atoms with Gasteiger partial charge in [0.1, 0.15) is 11.4 Å². The molecule has 0 aromatic heterocycles. The lowest BCUT2D eigenvalue weighted by Gasteiger charge is -2.11. The molecular formula is C21H15ClN2O3. The molecule has 5 nitrogen and oxygen atoms in total. The molecule has 3 aromatic carbocycles. The van der Waals surface area contributed by atoms with Crippen molar-refractivity contribution >= 4 is 46.1 Å².